The van der Waals surface area contributed by atoms with Gasteiger partial charge in [-0.05, 0) is 99.8 Å². The number of carbonyl (C=O) groups excluding carboxylic acids is 4. The molecule has 3 fully saturated rings. The van der Waals surface area contributed by atoms with Crippen molar-refractivity contribution < 1.29 is 33.2 Å². The van der Waals surface area contributed by atoms with Crippen molar-refractivity contribution in [1.82, 2.24) is 15.1 Å². The zero-order valence-corrected chi connectivity index (χ0v) is 38.2. The highest BCUT2D eigenvalue weighted by Gasteiger charge is 2.34. The van der Waals surface area contributed by atoms with Gasteiger partial charge in [0, 0.05) is 77.0 Å². The molecule has 1 unspecified atom stereocenters. The van der Waals surface area contributed by atoms with Crippen LogP contribution in [-0.4, -0.2) is 122 Å². The fourth-order valence-corrected chi connectivity index (χ4v) is 7.98. The van der Waals surface area contributed by atoms with Crippen LogP contribution in [0, 0.1) is 25.6 Å². The molecule has 3 aliphatic rings. The number of carbonyl (C=O) groups is 4. The van der Waals surface area contributed by atoms with Crippen LogP contribution in [0.4, 0.5) is 10.1 Å². The van der Waals surface area contributed by atoms with Crippen LogP contribution < -0.4 is 21.7 Å². The Morgan fingerprint density at radius 2 is 1.66 bits per heavy atom. The molecular weight excluding hydrogens is 788 g/mol. The number of phenols is 1. The average molecular weight is 860 g/mol. The summed E-state index contributed by atoms with van der Waals surface area (Å²) in [6.07, 6.45) is 13.4. The maximum absolute atomic E-state index is 15.4. The minimum Gasteiger partial charge on any atom is -0.508 e. The zero-order chi connectivity index (χ0) is 46.0. The van der Waals surface area contributed by atoms with Crippen LogP contribution in [-0.2, 0) is 9.59 Å². The lowest BCUT2D eigenvalue weighted by Crippen LogP contribution is -2.53. The molecule has 2 saturated heterocycles. The molecule has 6 N–H and O–H groups in total. The average Bonchev–Trinajstić information content (AvgIpc) is 3.28. The Morgan fingerprint density at radius 3 is 2.23 bits per heavy atom. The van der Waals surface area contributed by atoms with Crippen LogP contribution in [0.3, 0.4) is 0 Å². The largest absolute Gasteiger partial charge is 0.508 e. The number of aldehydes is 1. The van der Waals surface area contributed by atoms with Gasteiger partial charge in [0.2, 0.25) is 5.91 Å². The second-order valence-corrected chi connectivity index (χ2v) is 16.5. The van der Waals surface area contributed by atoms with Gasteiger partial charge in [0.15, 0.2) is 12.1 Å². The fraction of sp³-hybridized carbons (Fsp3) is 0.521. The Kier molecular flexibility index (Phi) is 20.5. The lowest BCUT2D eigenvalue weighted by Gasteiger charge is -2.42. The normalized spacial score (nSPS) is 20.0. The highest BCUT2D eigenvalue weighted by Crippen LogP contribution is 2.29. The summed E-state index contributed by atoms with van der Waals surface area (Å²) in [5, 5.41) is 11.5. The number of benzene rings is 2. The number of likely N-dealkylation sites (N-methyl/N-ethyl adjacent to an activating group) is 2. The number of likely N-dealkylation sites (tertiary alicyclic amines) is 1. The predicted octanol–water partition coefficient (Wildman–Crippen LogP) is 6.38. The molecule has 0 aromatic heterocycles. The summed E-state index contributed by atoms with van der Waals surface area (Å²) in [6.45, 7) is 16.9. The van der Waals surface area contributed by atoms with Gasteiger partial charge in [-0.25, -0.2) is 9.38 Å². The number of anilines is 1. The molecule has 2 aliphatic heterocycles. The van der Waals surface area contributed by atoms with E-state index in [9.17, 15) is 19.2 Å². The Labute approximate surface area is 369 Å². The first-order valence-corrected chi connectivity index (χ1v) is 22.1. The van der Waals surface area contributed by atoms with E-state index in [1.165, 1.54) is 37.0 Å². The summed E-state index contributed by atoms with van der Waals surface area (Å²) >= 11 is 0. The lowest BCUT2D eigenvalue weighted by molar-refractivity contribution is -0.879. The predicted molar refractivity (Wildman–Crippen MR) is 247 cm³/mol. The van der Waals surface area contributed by atoms with Gasteiger partial charge in [-0.2, -0.15) is 0 Å². The third kappa shape index (κ3) is 14.4. The van der Waals surface area contributed by atoms with Gasteiger partial charge in [-0.3, -0.25) is 28.6 Å². The van der Waals surface area contributed by atoms with E-state index in [0.717, 1.165) is 88.6 Å². The lowest BCUT2D eigenvalue weighted by atomic mass is 9.94. The molecule has 3 amide bonds. The summed E-state index contributed by atoms with van der Waals surface area (Å²) in [7, 11) is 5.13. The molecule has 2 aromatic rings. The third-order valence-corrected chi connectivity index (χ3v) is 12.2. The first kappa shape index (κ1) is 51.0. The van der Waals surface area contributed by atoms with Crippen LogP contribution in [0.5, 0.6) is 5.75 Å². The number of piperidine rings is 1. The van der Waals surface area contributed by atoms with E-state index < -0.39 is 23.7 Å². The van der Waals surface area contributed by atoms with E-state index in [4.69, 9.17) is 16.6 Å². The SMILES string of the molecule is C=CCCC(C(=O)NC)N(C)C(=O)c1cc(N2CCN(CC3CC[N+](C)(/C(N)=C/C=C(\N)C(=O)N=C4CCCCC4)CC3)CC2)c(F)cc1C=O.CC.Cc1ccc(O)cc1C. The van der Waals surface area contributed by atoms with Gasteiger partial charge in [-0.15, -0.1) is 6.58 Å². The van der Waals surface area contributed by atoms with E-state index in [2.05, 4.69) is 28.8 Å². The Bertz CT molecular complexity index is 1940. The van der Waals surface area contributed by atoms with Crippen molar-refractivity contribution in [2.75, 3.05) is 71.9 Å². The number of rotatable bonds is 13. The zero-order valence-electron chi connectivity index (χ0n) is 38.2. The van der Waals surface area contributed by atoms with E-state index in [0.29, 0.717) is 54.2 Å². The van der Waals surface area contributed by atoms with Crippen LogP contribution in [0.15, 0.2) is 71.6 Å². The number of hydrogen-bond acceptors (Lipinski definition) is 9. The number of aliphatic imine (C=N–C) groups is 1. The molecule has 13 nitrogen and oxygen atoms in total. The topological polar surface area (TPSA) is 175 Å². The third-order valence-electron chi connectivity index (χ3n) is 12.2. The Balaban J connectivity index is 0.000000815. The van der Waals surface area contributed by atoms with Crippen molar-refractivity contribution in [3.05, 3.63) is 94.7 Å². The first-order valence-electron chi connectivity index (χ1n) is 22.1. The van der Waals surface area contributed by atoms with Crippen LogP contribution in [0.25, 0.3) is 0 Å². The van der Waals surface area contributed by atoms with Gasteiger partial charge < -0.3 is 31.7 Å². The Hall–Kier alpha value is -5.34. The standard InChI is InChI=1S/C38H55FN8O4.C8H10O.C2H6/c1-5-6-12-33(37(50)42-2)44(3)38(51)30-24-34(31(39)23-28(30)26-48)46-19-17-45(18-20-46)25-27-15-21-47(4,22-16-27)35(41)14-13-32(40)36(49)43-29-10-8-7-9-11-29;1-6-3-4-8(9)5-7(6)2;1-2/h5,13-14,23-24,26-27,33H,1,6-12,15-22,25H2,2-4H3,(H4-,40,41,42,48,49,50,51);3-5,9H,1-2H3;1-2H3/p+1. The van der Waals surface area contributed by atoms with E-state index >= 15 is 4.39 Å². The molecule has 1 aliphatic carbocycles. The van der Waals surface area contributed by atoms with Crippen LogP contribution >= 0.6 is 0 Å². The quantitative estimate of drug-likeness (QED) is 0.0586. The van der Waals surface area contributed by atoms with Crippen molar-refractivity contribution in [1.29, 1.82) is 0 Å². The number of quaternary nitrogens is 1. The van der Waals surface area contributed by atoms with E-state index in [1.807, 2.05) is 38.7 Å². The number of aryl methyl sites for hydroxylation is 2. The Morgan fingerprint density at radius 1 is 1.02 bits per heavy atom. The van der Waals surface area contributed by atoms with Gasteiger partial charge in [0.1, 0.15) is 17.6 Å². The minimum absolute atomic E-state index is 0.0541. The molecule has 1 atom stereocenters. The molecule has 5 rings (SSSR count). The number of phenolic OH excluding ortho intramolecular Hbond substituents is 1. The highest BCUT2D eigenvalue weighted by molar-refractivity contribution is 6.04. The van der Waals surface area contributed by atoms with E-state index in [-0.39, 0.29) is 28.4 Å². The number of piperazine rings is 1. The fourth-order valence-electron chi connectivity index (χ4n) is 7.98. The molecule has 62 heavy (non-hydrogen) atoms. The number of nitrogens with two attached hydrogens (primary N) is 2. The molecule has 0 bridgehead atoms. The molecular formula is C48H72FN8O5+. The number of halogens is 1. The second-order valence-electron chi connectivity index (χ2n) is 16.5. The van der Waals surface area contributed by atoms with E-state index in [1.54, 1.807) is 30.4 Å². The number of amides is 3. The minimum atomic E-state index is -0.765. The van der Waals surface area contributed by atoms with Crippen molar-refractivity contribution in [2.24, 2.45) is 22.4 Å². The molecule has 0 radical (unpaired) electrons. The number of hydrogen-bond donors (Lipinski definition) is 4. The molecule has 14 heteroatoms. The number of allylic oxidation sites excluding steroid dienone is 3. The first-order chi connectivity index (χ1) is 29.6. The van der Waals surface area contributed by atoms with Crippen molar-refractivity contribution in [3.63, 3.8) is 0 Å². The van der Waals surface area contributed by atoms with Crippen molar-refractivity contribution >= 4 is 35.4 Å². The molecule has 340 valence electrons. The van der Waals surface area contributed by atoms with Crippen LogP contribution in [0.2, 0.25) is 0 Å². The van der Waals surface area contributed by atoms with Crippen molar-refractivity contribution in [3.8, 4) is 5.75 Å². The number of nitrogens with one attached hydrogen (secondary N) is 1. The van der Waals surface area contributed by atoms with Crippen molar-refractivity contribution in [2.45, 2.75) is 91.5 Å². The van der Waals surface area contributed by atoms with Gasteiger partial charge in [-0.1, -0.05) is 32.4 Å². The van der Waals surface area contributed by atoms with Crippen LogP contribution in [0.1, 0.15) is 103 Å². The molecule has 2 heterocycles. The summed E-state index contributed by atoms with van der Waals surface area (Å²) in [6, 6.07) is 7.16. The summed E-state index contributed by atoms with van der Waals surface area (Å²) in [5.41, 5.74) is 16.2. The molecule has 2 aromatic carbocycles. The molecule has 0 spiro atoms. The monoisotopic (exact) mass is 860 g/mol. The smallest absolute Gasteiger partial charge is 0.292 e. The summed E-state index contributed by atoms with van der Waals surface area (Å²) in [4.78, 5) is 60.4. The maximum atomic E-state index is 15.4. The second kappa shape index (κ2) is 24.9. The number of nitrogens with zero attached hydrogens (tertiary/aromatic N) is 5. The number of aromatic hydroxyl groups is 1. The van der Waals surface area contributed by atoms with Gasteiger partial charge >= 0.3 is 0 Å². The van der Waals surface area contributed by atoms with Gasteiger partial charge in [0.05, 0.1) is 37.1 Å². The maximum Gasteiger partial charge on any atom is 0.292 e. The molecule has 1 saturated carbocycles. The summed E-state index contributed by atoms with van der Waals surface area (Å²) < 4.78 is 15.9. The van der Waals surface area contributed by atoms with Gasteiger partial charge in [0.25, 0.3) is 11.8 Å². The highest BCUT2D eigenvalue weighted by atomic mass is 19.1. The summed E-state index contributed by atoms with van der Waals surface area (Å²) in [5.74, 6) is -0.314.